The molecule has 1 saturated heterocycles. The maximum absolute atomic E-state index is 12.8. The van der Waals surface area contributed by atoms with Gasteiger partial charge >= 0.3 is 12.1 Å². The van der Waals surface area contributed by atoms with Gasteiger partial charge in [-0.2, -0.15) is 0 Å². The normalized spacial score (nSPS) is 13.3. The van der Waals surface area contributed by atoms with Crippen LogP contribution in [0.2, 0.25) is 0 Å². The van der Waals surface area contributed by atoms with Crippen molar-refractivity contribution in [1.29, 1.82) is 0 Å². The number of nitrogens with one attached hydrogen (secondary N) is 3. The summed E-state index contributed by atoms with van der Waals surface area (Å²) in [5.74, 6) is 0.720. The molecule has 3 aromatic rings. The predicted octanol–water partition coefficient (Wildman–Crippen LogP) is 5.54. The second-order valence-electron chi connectivity index (χ2n) is 10.3. The van der Waals surface area contributed by atoms with Crippen LogP contribution in [0.4, 0.5) is 26.7 Å². The van der Waals surface area contributed by atoms with E-state index in [9.17, 15) is 14.4 Å². The van der Waals surface area contributed by atoms with Gasteiger partial charge in [0.15, 0.2) is 0 Å². The molecule has 0 aromatic heterocycles. The van der Waals surface area contributed by atoms with E-state index in [1.54, 1.807) is 60.5 Å². The molecule has 0 spiro atoms. The van der Waals surface area contributed by atoms with Crippen molar-refractivity contribution in [3.8, 4) is 11.5 Å². The molecule has 3 N–H and O–H groups in total. The van der Waals surface area contributed by atoms with Crippen LogP contribution in [0.1, 0.15) is 31.1 Å². The summed E-state index contributed by atoms with van der Waals surface area (Å²) in [6.45, 7) is 7.84. The lowest BCUT2D eigenvalue weighted by Crippen LogP contribution is -2.50. The Morgan fingerprint density at radius 1 is 0.800 bits per heavy atom. The molecule has 0 bridgehead atoms. The molecule has 10 nitrogen and oxygen atoms in total. The number of hydrogen-bond donors (Lipinski definition) is 3. The van der Waals surface area contributed by atoms with Crippen LogP contribution >= 0.6 is 0 Å². The monoisotopic (exact) mass is 545 g/mol. The quantitative estimate of drug-likeness (QED) is 0.375. The first kappa shape index (κ1) is 28.3. The molecular weight excluding hydrogens is 510 g/mol. The number of amides is 4. The lowest BCUT2D eigenvalue weighted by molar-refractivity contribution is 0.0240. The van der Waals surface area contributed by atoms with Crippen LogP contribution in [0.15, 0.2) is 72.8 Å². The van der Waals surface area contributed by atoms with Crippen LogP contribution in [0.5, 0.6) is 11.5 Å². The van der Waals surface area contributed by atoms with E-state index in [-0.39, 0.29) is 12.0 Å². The van der Waals surface area contributed by atoms with Crippen LogP contribution in [0.3, 0.4) is 0 Å². The largest absolute Gasteiger partial charge is 0.457 e. The molecule has 0 radical (unpaired) electrons. The molecule has 0 atom stereocenters. The van der Waals surface area contributed by atoms with Gasteiger partial charge in [0.1, 0.15) is 17.1 Å². The fourth-order valence-electron chi connectivity index (χ4n) is 4.21. The van der Waals surface area contributed by atoms with E-state index in [1.165, 1.54) is 0 Å². The van der Waals surface area contributed by atoms with Gasteiger partial charge in [0.25, 0.3) is 5.91 Å². The van der Waals surface area contributed by atoms with E-state index >= 15 is 0 Å². The zero-order chi connectivity index (χ0) is 28.7. The van der Waals surface area contributed by atoms with Gasteiger partial charge in [-0.15, -0.1) is 0 Å². The van der Waals surface area contributed by atoms with Crippen LogP contribution in [-0.4, -0.2) is 61.8 Å². The van der Waals surface area contributed by atoms with Gasteiger partial charge in [-0.05, 0) is 69.3 Å². The van der Waals surface area contributed by atoms with Crippen LogP contribution < -0.4 is 25.6 Å². The molecule has 1 aliphatic heterocycles. The second-order valence-corrected chi connectivity index (χ2v) is 10.3. The standard InChI is InChI=1S/C30H35N5O5/c1-30(2,3)40-29(38)35-19-17-34(18-20-35)25-11-7-6-10-24(25)33-28(37)32-21-13-15-22(16-14-21)39-26-12-8-5-9-23(26)27(36)31-4/h5-16H,17-20H2,1-4H3,(H,31,36)(H2,32,33,37). The summed E-state index contributed by atoms with van der Waals surface area (Å²) in [6.07, 6.45) is -0.315. The maximum atomic E-state index is 12.8. The van der Waals surface area contributed by atoms with Crippen molar-refractivity contribution in [2.24, 2.45) is 0 Å². The highest BCUT2D eigenvalue weighted by molar-refractivity contribution is 6.02. The number of ether oxygens (including phenoxy) is 2. The van der Waals surface area contributed by atoms with Crippen molar-refractivity contribution in [2.45, 2.75) is 26.4 Å². The Labute approximate surface area is 234 Å². The molecule has 0 unspecified atom stereocenters. The summed E-state index contributed by atoms with van der Waals surface area (Å²) in [6, 6.07) is 21.0. The van der Waals surface area contributed by atoms with Gasteiger partial charge in [0.05, 0.1) is 16.9 Å². The van der Waals surface area contributed by atoms with E-state index in [4.69, 9.17) is 9.47 Å². The lowest BCUT2D eigenvalue weighted by atomic mass is 10.2. The molecule has 4 amide bonds. The van der Waals surface area contributed by atoms with E-state index in [0.29, 0.717) is 54.6 Å². The van der Waals surface area contributed by atoms with Crippen LogP contribution in [-0.2, 0) is 4.74 Å². The Balaban J connectivity index is 1.34. The minimum absolute atomic E-state index is 0.240. The van der Waals surface area contributed by atoms with Crippen LogP contribution in [0, 0.1) is 0 Å². The summed E-state index contributed by atoms with van der Waals surface area (Å²) in [7, 11) is 1.57. The minimum atomic E-state index is -0.538. The zero-order valence-corrected chi connectivity index (χ0v) is 23.2. The highest BCUT2D eigenvalue weighted by Gasteiger charge is 2.26. The van der Waals surface area contributed by atoms with E-state index in [2.05, 4.69) is 20.9 Å². The molecule has 210 valence electrons. The second kappa shape index (κ2) is 12.4. The van der Waals surface area contributed by atoms with E-state index in [0.717, 1.165) is 5.69 Å². The Bertz CT molecular complexity index is 1350. The van der Waals surface area contributed by atoms with Crippen molar-refractivity contribution in [3.05, 3.63) is 78.4 Å². The lowest BCUT2D eigenvalue weighted by Gasteiger charge is -2.37. The Kier molecular flexibility index (Phi) is 8.78. The summed E-state index contributed by atoms with van der Waals surface area (Å²) in [5.41, 5.74) is 2.00. The Morgan fingerprint density at radius 2 is 1.45 bits per heavy atom. The van der Waals surface area contributed by atoms with Gasteiger partial charge in [-0.25, -0.2) is 9.59 Å². The first-order valence-electron chi connectivity index (χ1n) is 13.1. The maximum Gasteiger partial charge on any atom is 0.410 e. The molecule has 10 heteroatoms. The van der Waals surface area contributed by atoms with Gasteiger partial charge in [0, 0.05) is 38.9 Å². The number of carbonyl (C=O) groups is 3. The smallest absolute Gasteiger partial charge is 0.410 e. The number of anilines is 3. The summed E-state index contributed by atoms with van der Waals surface area (Å²) >= 11 is 0. The average Bonchev–Trinajstić information content (AvgIpc) is 2.93. The number of para-hydroxylation sites is 3. The first-order chi connectivity index (χ1) is 19.1. The highest BCUT2D eigenvalue weighted by Crippen LogP contribution is 2.28. The van der Waals surface area contributed by atoms with Gasteiger partial charge in [-0.1, -0.05) is 24.3 Å². The third kappa shape index (κ3) is 7.43. The van der Waals surface area contributed by atoms with Crippen molar-refractivity contribution in [3.63, 3.8) is 0 Å². The average molecular weight is 546 g/mol. The Hall–Kier alpha value is -4.73. The zero-order valence-electron chi connectivity index (χ0n) is 23.2. The molecule has 0 saturated carbocycles. The minimum Gasteiger partial charge on any atom is -0.457 e. The van der Waals surface area contributed by atoms with Crippen molar-refractivity contribution < 1.29 is 23.9 Å². The van der Waals surface area contributed by atoms with E-state index in [1.807, 2.05) is 45.0 Å². The SMILES string of the molecule is CNC(=O)c1ccccc1Oc1ccc(NC(=O)Nc2ccccc2N2CCN(C(=O)OC(C)(C)C)CC2)cc1. The molecule has 1 heterocycles. The molecular formula is C30H35N5O5. The van der Waals surface area contributed by atoms with Crippen molar-refractivity contribution in [1.82, 2.24) is 10.2 Å². The number of carbonyl (C=O) groups excluding carboxylic acids is 3. The third-order valence-electron chi connectivity index (χ3n) is 6.12. The summed E-state index contributed by atoms with van der Waals surface area (Å²) < 4.78 is 11.4. The van der Waals surface area contributed by atoms with Gasteiger partial charge in [0.2, 0.25) is 0 Å². The van der Waals surface area contributed by atoms with Crippen LogP contribution in [0.25, 0.3) is 0 Å². The summed E-state index contributed by atoms with van der Waals surface area (Å²) in [5, 5.41) is 8.37. The number of urea groups is 1. The first-order valence-corrected chi connectivity index (χ1v) is 13.1. The number of hydrogen-bond acceptors (Lipinski definition) is 6. The fourth-order valence-corrected chi connectivity index (χ4v) is 4.21. The molecule has 4 rings (SSSR count). The number of benzene rings is 3. The molecule has 0 aliphatic carbocycles. The fraction of sp³-hybridized carbons (Fsp3) is 0.300. The number of rotatable bonds is 6. The molecule has 1 aliphatic rings. The topological polar surface area (TPSA) is 112 Å². The predicted molar refractivity (Wildman–Crippen MR) is 155 cm³/mol. The van der Waals surface area contributed by atoms with Gasteiger partial charge < -0.3 is 35.2 Å². The summed E-state index contributed by atoms with van der Waals surface area (Å²) in [4.78, 5) is 41.2. The number of piperazine rings is 1. The van der Waals surface area contributed by atoms with Crippen molar-refractivity contribution >= 4 is 35.1 Å². The number of nitrogens with zero attached hydrogens (tertiary/aromatic N) is 2. The van der Waals surface area contributed by atoms with E-state index < -0.39 is 11.6 Å². The highest BCUT2D eigenvalue weighted by atomic mass is 16.6. The van der Waals surface area contributed by atoms with Crippen molar-refractivity contribution in [2.75, 3.05) is 48.8 Å². The third-order valence-corrected chi connectivity index (χ3v) is 6.12. The molecule has 40 heavy (non-hydrogen) atoms. The van der Waals surface area contributed by atoms with Gasteiger partial charge in [-0.3, -0.25) is 4.79 Å². The molecule has 1 fully saturated rings. The Morgan fingerprint density at radius 3 is 2.12 bits per heavy atom. The molecule has 3 aromatic carbocycles.